The Labute approximate surface area is 227 Å². The van der Waals surface area contributed by atoms with E-state index >= 15 is 0 Å². The second-order valence-corrected chi connectivity index (χ2v) is 12.3. The molecule has 1 aromatic rings. The number of aliphatic hydroxyl groups is 1. The molecule has 1 aromatic carbocycles. The van der Waals surface area contributed by atoms with Gasteiger partial charge in [0, 0.05) is 37.3 Å². The van der Waals surface area contributed by atoms with Crippen LogP contribution in [0.5, 0.6) is 5.75 Å². The van der Waals surface area contributed by atoms with Gasteiger partial charge in [-0.15, -0.1) is 0 Å². The number of rotatable bonds is 2. The van der Waals surface area contributed by atoms with Crippen molar-refractivity contribution in [3.63, 3.8) is 0 Å². The Morgan fingerprint density at radius 2 is 1.92 bits per heavy atom. The lowest BCUT2D eigenvalue weighted by atomic mass is 9.95. The predicted octanol–water partition coefficient (Wildman–Crippen LogP) is 2.02. The number of nitrogens with zero attached hydrogens (tertiary/aromatic N) is 5. The number of piperazine rings is 1. The van der Waals surface area contributed by atoms with E-state index in [2.05, 4.69) is 5.10 Å². The molecule has 0 aliphatic carbocycles. The summed E-state index contributed by atoms with van der Waals surface area (Å²) in [7, 11) is -3.84. The van der Waals surface area contributed by atoms with Gasteiger partial charge in [-0.05, 0) is 46.1 Å². The molecule has 3 atom stereocenters. The van der Waals surface area contributed by atoms with Gasteiger partial charge in [0.1, 0.15) is 35.0 Å². The largest absolute Gasteiger partial charge is 0.509 e. The van der Waals surface area contributed by atoms with Crippen molar-refractivity contribution in [1.29, 1.82) is 0 Å². The number of fused-ring (bicyclic) bond motifs is 6. The van der Waals surface area contributed by atoms with Crippen LogP contribution in [-0.2, 0) is 26.2 Å². The number of hydrogen-bond donors (Lipinski definition) is 1. The number of carbonyl (C=O) groups excluding carboxylic acids is 2. The van der Waals surface area contributed by atoms with Crippen LogP contribution in [0.2, 0.25) is 0 Å². The minimum Gasteiger partial charge on any atom is -0.509 e. The fourth-order valence-corrected chi connectivity index (χ4v) is 7.51. The lowest BCUT2D eigenvalue weighted by Gasteiger charge is -2.46. The smallest absolute Gasteiger partial charge is 0.273 e. The Morgan fingerprint density at radius 1 is 1.15 bits per heavy atom. The van der Waals surface area contributed by atoms with E-state index in [9.17, 15) is 27.5 Å². The lowest BCUT2D eigenvalue weighted by molar-refractivity contribution is -0.139. The first-order valence-corrected chi connectivity index (χ1v) is 15.0. The summed E-state index contributed by atoms with van der Waals surface area (Å²) in [4.78, 5) is 30.5. The Kier molecular flexibility index (Phi) is 7.21. The number of likely N-dealkylation sites (N-methyl/N-ethyl adjacent to an activating group) is 2. The molecule has 0 aromatic heterocycles. The summed E-state index contributed by atoms with van der Waals surface area (Å²) in [5.41, 5.74) is 0.490. The minimum absolute atomic E-state index is 0.00525. The van der Waals surface area contributed by atoms with Crippen molar-refractivity contribution in [1.82, 2.24) is 19.1 Å². The SMILES string of the molecule is CCN1C[C@H](C)N2C(=C(O)C3C(=O)N4Cc5ccc(F)cc5OCCCCCS(=O)(=O)N(CC)C(=N4)C32)C1=O. The van der Waals surface area contributed by atoms with Crippen molar-refractivity contribution in [2.24, 2.45) is 11.0 Å². The van der Waals surface area contributed by atoms with Crippen molar-refractivity contribution >= 4 is 27.7 Å². The van der Waals surface area contributed by atoms with Crippen LogP contribution in [0.25, 0.3) is 0 Å². The first-order chi connectivity index (χ1) is 18.6. The van der Waals surface area contributed by atoms with E-state index in [4.69, 9.17) is 4.74 Å². The van der Waals surface area contributed by atoms with Gasteiger partial charge >= 0.3 is 0 Å². The first kappa shape index (κ1) is 27.2. The summed E-state index contributed by atoms with van der Waals surface area (Å²) in [5.74, 6) is -2.88. The molecule has 2 unspecified atom stereocenters. The van der Waals surface area contributed by atoms with Crippen LogP contribution < -0.4 is 4.74 Å². The summed E-state index contributed by atoms with van der Waals surface area (Å²) >= 11 is 0. The maximum absolute atomic E-state index is 14.1. The third kappa shape index (κ3) is 4.60. The molecule has 212 valence electrons. The van der Waals surface area contributed by atoms with Gasteiger partial charge in [-0.25, -0.2) is 17.8 Å². The average molecular weight is 564 g/mol. The molecular weight excluding hydrogens is 529 g/mol. The number of aliphatic hydroxyl groups excluding tert-OH is 1. The van der Waals surface area contributed by atoms with Gasteiger partial charge in [-0.3, -0.25) is 13.9 Å². The highest BCUT2D eigenvalue weighted by molar-refractivity contribution is 7.89. The Morgan fingerprint density at radius 3 is 2.64 bits per heavy atom. The van der Waals surface area contributed by atoms with E-state index in [1.165, 1.54) is 22.5 Å². The number of sulfonamides is 1. The van der Waals surface area contributed by atoms with E-state index in [0.29, 0.717) is 37.9 Å². The van der Waals surface area contributed by atoms with Crippen molar-refractivity contribution < 1.29 is 32.2 Å². The van der Waals surface area contributed by atoms with Gasteiger partial charge < -0.3 is 19.6 Å². The van der Waals surface area contributed by atoms with Gasteiger partial charge in [0.05, 0.1) is 18.9 Å². The molecule has 2 bridgehead atoms. The predicted molar refractivity (Wildman–Crippen MR) is 140 cm³/mol. The summed E-state index contributed by atoms with van der Waals surface area (Å²) in [5, 5.41) is 17.1. The van der Waals surface area contributed by atoms with Gasteiger partial charge in [-0.2, -0.15) is 5.10 Å². The van der Waals surface area contributed by atoms with Gasteiger partial charge in [0.15, 0.2) is 5.84 Å². The third-order valence-electron chi connectivity index (χ3n) is 7.78. The van der Waals surface area contributed by atoms with E-state index in [1.807, 2.05) is 13.8 Å². The molecule has 4 aliphatic rings. The van der Waals surface area contributed by atoms with Crippen molar-refractivity contribution in [3.05, 3.63) is 41.0 Å². The zero-order chi connectivity index (χ0) is 28.1. The molecule has 0 radical (unpaired) electrons. The number of carbonyl (C=O) groups is 2. The topological polar surface area (TPSA) is 123 Å². The Hall–Kier alpha value is -3.35. The summed E-state index contributed by atoms with van der Waals surface area (Å²) in [6, 6.07) is 2.74. The van der Waals surface area contributed by atoms with E-state index in [-0.39, 0.29) is 54.5 Å². The molecule has 1 N–H and O–H groups in total. The summed E-state index contributed by atoms with van der Waals surface area (Å²) in [6.45, 7) is 6.37. The number of hydrogen-bond acceptors (Lipinski definition) is 8. The fourth-order valence-electron chi connectivity index (χ4n) is 5.90. The Balaban J connectivity index is 1.67. The average Bonchev–Trinajstić information content (AvgIpc) is 3.21. The normalized spacial score (nSPS) is 27.4. The third-order valence-corrected chi connectivity index (χ3v) is 9.70. The maximum Gasteiger partial charge on any atom is 0.273 e. The quantitative estimate of drug-likeness (QED) is 0.584. The molecule has 5 rings (SSSR count). The molecule has 13 heteroatoms. The number of amidine groups is 1. The lowest BCUT2D eigenvalue weighted by Crippen LogP contribution is -2.62. The molecule has 11 nitrogen and oxygen atoms in total. The zero-order valence-corrected chi connectivity index (χ0v) is 23.2. The summed E-state index contributed by atoms with van der Waals surface area (Å²) in [6.07, 6.45) is 1.54. The Bertz CT molecular complexity index is 1350. The molecule has 1 saturated heterocycles. The van der Waals surface area contributed by atoms with Crippen LogP contribution in [0.1, 0.15) is 45.6 Å². The fraction of sp³-hybridized carbons (Fsp3) is 0.577. The molecule has 4 heterocycles. The van der Waals surface area contributed by atoms with Crippen LogP contribution >= 0.6 is 0 Å². The van der Waals surface area contributed by atoms with Crippen molar-refractivity contribution in [3.8, 4) is 5.75 Å². The van der Waals surface area contributed by atoms with Crippen LogP contribution in [0.4, 0.5) is 4.39 Å². The highest BCUT2D eigenvalue weighted by Crippen LogP contribution is 2.43. The molecule has 39 heavy (non-hydrogen) atoms. The molecule has 0 spiro atoms. The molecule has 4 aliphatic heterocycles. The van der Waals surface area contributed by atoms with Gasteiger partial charge in [0.25, 0.3) is 11.8 Å². The van der Waals surface area contributed by atoms with E-state index < -0.39 is 39.6 Å². The molecule has 2 amide bonds. The number of ether oxygens (including phenoxy) is 1. The highest BCUT2D eigenvalue weighted by atomic mass is 32.2. The molecule has 0 saturated carbocycles. The number of amides is 2. The monoisotopic (exact) mass is 563 g/mol. The maximum atomic E-state index is 14.1. The number of benzene rings is 1. The van der Waals surface area contributed by atoms with Gasteiger partial charge in [0.2, 0.25) is 10.0 Å². The van der Waals surface area contributed by atoms with Gasteiger partial charge in [-0.1, -0.05) is 6.07 Å². The number of halogens is 1. The van der Waals surface area contributed by atoms with Crippen molar-refractivity contribution in [2.75, 3.05) is 32.0 Å². The minimum atomic E-state index is -3.84. The molecular formula is C26H34FN5O6S. The first-order valence-electron chi connectivity index (χ1n) is 13.4. The second-order valence-electron chi connectivity index (χ2n) is 10.3. The summed E-state index contributed by atoms with van der Waals surface area (Å²) < 4.78 is 48.3. The van der Waals surface area contributed by atoms with Crippen LogP contribution in [0.3, 0.4) is 0 Å². The highest BCUT2D eigenvalue weighted by Gasteiger charge is 2.58. The number of hydrazone groups is 1. The van der Waals surface area contributed by atoms with Crippen molar-refractivity contribution in [2.45, 2.75) is 58.7 Å². The molecule has 1 fully saturated rings. The zero-order valence-electron chi connectivity index (χ0n) is 22.3. The van der Waals surface area contributed by atoms with Crippen LogP contribution in [0.15, 0.2) is 34.8 Å². The van der Waals surface area contributed by atoms with E-state index in [0.717, 1.165) is 5.01 Å². The van der Waals surface area contributed by atoms with E-state index in [1.54, 1.807) is 16.7 Å². The van der Waals surface area contributed by atoms with Crippen LogP contribution in [0, 0.1) is 11.7 Å². The standard InChI is InChI=1S/C26H34FN5O6S/c1-4-29-14-16(3)32-21-20(23(33)22(32)26(29)35)25(34)30-15-17-9-10-18(27)13-19(17)38-11-7-6-8-12-39(36,37)31(5-2)24(21)28-30/h9-10,13,16,20-21,33H,4-8,11-12,14-15H2,1-3H3/t16-,20?,21?/m0/s1. The van der Waals surface area contributed by atoms with Crippen LogP contribution in [-0.4, -0.2) is 94.4 Å². The second kappa shape index (κ2) is 10.3.